The van der Waals surface area contributed by atoms with Crippen LogP contribution in [0.1, 0.15) is 13.3 Å². The number of morpholine rings is 1. The van der Waals surface area contributed by atoms with E-state index >= 15 is 0 Å². The van der Waals surface area contributed by atoms with Crippen molar-refractivity contribution in [2.45, 2.75) is 31.5 Å². The molecule has 2 saturated heterocycles. The highest BCUT2D eigenvalue weighted by molar-refractivity contribution is 9.09. The van der Waals surface area contributed by atoms with Gasteiger partial charge in [-0.15, -0.1) is 0 Å². The molecule has 2 nitrogen and oxygen atoms in total. The monoisotopic (exact) mass is 279 g/mol. The molecule has 82 valence electrons. The molecule has 2 heterocycles. The molecule has 0 bridgehead atoms. The maximum atomic E-state index is 5.73. The standard InChI is InChI=1S/C10H18BrNOS/c1-8-6-13-10(4-11)5-12(8)9-2-3-14-7-9/h8-10H,2-7H2,1H3. The minimum absolute atomic E-state index is 0.400. The van der Waals surface area contributed by atoms with Crippen molar-refractivity contribution in [3.63, 3.8) is 0 Å². The molecule has 3 atom stereocenters. The van der Waals surface area contributed by atoms with Crippen LogP contribution in [0.4, 0.5) is 0 Å². The van der Waals surface area contributed by atoms with Crippen LogP contribution in [0.15, 0.2) is 0 Å². The Labute approximate surface area is 98.9 Å². The third kappa shape index (κ3) is 2.46. The molecule has 0 saturated carbocycles. The Bertz CT molecular complexity index is 187. The number of nitrogens with zero attached hydrogens (tertiary/aromatic N) is 1. The van der Waals surface area contributed by atoms with E-state index in [2.05, 4.69) is 39.5 Å². The van der Waals surface area contributed by atoms with E-state index in [-0.39, 0.29) is 0 Å². The number of alkyl halides is 1. The van der Waals surface area contributed by atoms with E-state index in [9.17, 15) is 0 Å². The molecule has 14 heavy (non-hydrogen) atoms. The fraction of sp³-hybridized carbons (Fsp3) is 1.00. The highest BCUT2D eigenvalue weighted by Gasteiger charge is 2.32. The molecule has 0 aromatic rings. The van der Waals surface area contributed by atoms with Gasteiger partial charge in [0.15, 0.2) is 0 Å². The van der Waals surface area contributed by atoms with Gasteiger partial charge >= 0.3 is 0 Å². The van der Waals surface area contributed by atoms with Crippen LogP contribution < -0.4 is 0 Å². The summed E-state index contributed by atoms with van der Waals surface area (Å²) in [7, 11) is 0. The lowest BCUT2D eigenvalue weighted by molar-refractivity contribution is -0.0595. The van der Waals surface area contributed by atoms with Gasteiger partial charge in [0.05, 0.1) is 12.7 Å². The third-order valence-electron chi connectivity index (χ3n) is 3.10. The fourth-order valence-electron chi connectivity index (χ4n) is 2.22. The average Bonchev–Trinajstić information content (AvgIpc) is 2.71. The highest BCUT2D eigenvalue weighted by atomic mass is 79.9. The second-order valence-corrected chi connectivity index (χ2v) is 5.97. The highest BCUT2D eigenvalue weighted by Crippen LogP contribution is 2.26. The van der Waals surface area contributed by atoms with Crippen LogP contribution in [-0.2, 0) is 4.74 Å². The van der Waals surface area contributed by atoms with Gasteiger partial charge in [0.1, 0.15) is 0 Å². The Hall–Kier alpha value is 0.750. The van der Waals surface area contributed by atoms with Gasteiger partial charge in [-0.3, -0.25) is 4.90 Å². The summed E-state index contributed by atoms with van der Waals surface area (Å²) in [4.78, 5) is 2.65. The summed E-state index contributed by atoms with van der Waals surface area (Å²) in [5, 5.41) is 0.968. The van der Waals surface area contributed by atoms with Gasteiger partial charge in [-0.2, -0.15) is 11.8 Å². The van der Waals surface area contributed by atoms with Crippen molar-refractivity contribution in [1.29, 1.82) is 0 Å². The number of rotatable bonds is 2. The third-order valence-corrected chi connectivity index (χ3v) is 4.97. The number of ether oxygens (including phenoxy) is 1. The minimum atomic E-state index is 0.400. The largest absolute Gasteiger partial charge is 0.374 e. The lowest BCUT2D eigenvalue weighted by atomic mass is 10.1. The van der Waals surface area contributed by atoms with Crippen molar-refractivity contribution in [1.82, 2.24) is 4.90 Å². The summed E-state index contributed by atoms with van der Waals surface area (Å²) in [6, 6.07) is 1.41. The Balaban J connectivity index is 1.93. The van der Waals surface area contributed by atoms with Crippen LogP contribution >= 0.6 is 27.7 Å². The maximum Gasteiger partial charge on any atom is 0.0799 e. The molecule has 0 amide bonds. The number of thioether (sulfide) groups is 1. The van der Waals surface area contributed by atoms with Crippen LogP contribution in [0, 0.1) is 0 Å². The summed E-state index contributed by atoms with van der Waals surface area (Å²) < 4.78 is 5.73. The van der Waals surface area contributed by atoms with Crippen molar-refractivity contribution in [3.8, 4) is 0 Å². The smallest absolute Gasteiger partial charge is 0.0799 e. The molecule has 0 aliphatic carbocycles. The second kappa shape index (κ2) is 5.19. The molecular weight excluding hydrogens is 262 g/mol. The summed E-state index contributed by atoms with van der Waals surface area (Å²) in [5.41, 5.74) is 0. The quantitative estimate of drug-likeness (QED) is 0.718. The SMILES string of the molecule is CC1COC(CBr)CN1C1CCSC1. The normalized spacial score (nSPS) is 40.3. The zero-order valence-corrected chi connectivity index (χ0v) is 11.0. The van der Waals surface area contributed by atoms with E-state index in [0.717, 1.165) is 24.5 Å². The Morgan fingerprint density at radius 1 is 1.57 bits per heavy atom. The Morgan fingerprint density at radius 2 is 2.43 bits per heavy atom. The number of halogens is 1. The number of hydrogen-bond donors (Lipinski definition) is 0. The lowest BCUT2D eigenvalue weighted by Crippen LogP contribution is -2.53. The van der Waals surface area contributed by atoms with E-state index in [1.165, 1.54) is 17.9 Å². The van der Waals surface area contributed by atoms with E-state index in [1.54, 1.807) is 0 Å². The van der Waals surface area contributed by atoms with Gasteiger partial charge in [-0.05, 0) is 19.1 Å². The molecule has 2 fully saturated rings. The van der Waals surface area contributed by atoms with E-state index in [0.29, 0.717) is 12.1 Å². The van der Waals surface area contributed by atoms with Gasteiger partial charge < -0.3 is 4.74 Å². The second-order valence-electron chi connectivity index (χ2n) is 4.17. The first-order valence-corrected chi connectivity index (χ1v) is 7.60. The molecule has 4 heteroatoms. The molecule has 0 aromatic carbocycles. The molecule has 0 aromatic heterocycles. The van der Waals surface area contributed by atoms with Crippen LogP contribution in [0.5, 0.6) is 0 Å². The molecule has 2 rings (SSSR count). The number of hydrogen-bond acceptors (Lipinski definition) is 3. The molecule has 0 radical (unpaired) electrons. The van der Waals surface area contributed by atoms with Crippen molar-refractivity contribution >= 4 is 27.7 Å². The van der Waals surface area contributed by atoms with Gasteiger partial charge in [0.2, 0.25) is 0 Å². The van der Waals surface area contributed by atoms with Gasteiger partial charge in [0.25, 0.3) is 0 Å². The van der Waals surface area contributed by atoms with Crippen molar-refractivity contribution in [3.05, 3.63) is 0 Å². The first-order chi connectivity index (χ1) is 6.81. The van der Waals surface area contributed by atoms with Crippen molar-refractivity contribution < 1.29 is 4.74 Å². The topological polar surface area (TPSA) is 12.5 Å². The first kappa shape index (κ1) is 11.2. The predicted molar refractivity (Wildman–Crippen MR) is 65.4 cm³/mol. The summed E-state index contributed by atoms with van der Waals surface area (Å²) in [5.74, 6) is 2.66. The van der Waals surface area contributed by atoms with Crippen molar-refractivity contribution in [2.75, 3.05) is 30.0 Å². The summed E-state index contributed by atoms with van der Waals surface area (Å²) >= 11 is 5.60. The summed E-state index contributed by atoms with van der Waals surface area (Å²) in [6.07, 6.45) is 1.76. The minimum Gasteiger partial charge on any atom is -0.374 e. The van der Waals surface area contributed by atoms with Gasteiger partial charge in [-0.1, -0.05) is 15.9 Å². The van der Waals surface area contributed by atoms with Crippen LogP contribution in [0.3, 0.4) is 0 Å². The van der Waals surface area contributed by atoms with E-state index in [1.807, 2.05) is 0 Å². The molecule has 0 N–H and O–H groups in total. The summed E-state index contributed by atoms with van der Waals surface area (Å²) in [6.45, 7) is 4.29. The zero-order chi connectivity index (χ0) is 9.97. The Morgan fingerprint density at radius 3 is 3.07 bits per heavy atom. The average molecular weight is 280 g/mol. The van der Waals surface area contributed by atoms with E-state index < -0.39 is 0 Å². The van der Waals surface area contributed by atoms with Crippen LogP contribution in [-0.4, -0.2) is 53.1 Å². The molecule has 2 aliphatic heterocycles. The molecular formula is C10H18BrNOS. The van der Waals surface area contributed by atoms with Crippen LogP contribution in [0.25, 0.3) is 0 Å². The lowest BCUT2D eigenvalue weighted by Gasteiger charge is -2.41. The maximum absolute atomic E-state index is 5.73. The zero-order valence-electron chi connectivity index (χ0n) is 8.62. The van der Waals surface area contributed by atoms with Gasteiger partial charge in [0, 0.05) is 29.7 Å². The molecule has 3 unspecified atom stereocenters. The predicted octanol–water partition coefficient (Wildman–Crippen LogP) is 1.98. The first-order valence-electron chi connectivity index (χ1n) is 5.32. The van der Waals surface area contributed by atoms with Gasteiger partial charge in [-0.25, -0.2) is 0 Å². The fourth-order valence-corrected chi connectivity index (χ4v) is 3.85. The molecule has 0 spiro atoms. The van der Waals surface area contributed by atoms with Crippen molar-refractivity contribution in [2.24, 2.45) is 0 Å². The van der Waals surface area contributed by atoms with Crippen LogP contribution in [0.2, 0.25) is 0 Å². The van der Waals surface area contributed by atoms with E-state index in [4.69, 9.17) is 4.74 Å². The molecule has 2 aliphatic rings. The Kier molecular flexibility index (Phi) is 4.17.